The quantitative estimate of drug-likeness (QED) is 0.826. The summed E-state index contributed by atoms with van der Waals surface area (Å²) in [6.07, 6.45) is 4.99. The molecule has 0 spiro atoms. The molecule has 0 aliphatic heterocycles. The molecule has 2 aliphatic rings. The van der Waals surface area contributed by atoms with Crippen molar-refractivity contribution in [3.8, 4) is 0 Å². The van der Waals surface area contributed by atoms with Crippen LogP contribution in [-0.4, -0.2) is 5.11 Å². The molecule has 0 radical (unpaired) electrons. The molecule has 1 N–H and O–H groups in total. The van der Waals surface area contributed by atoms with Gasteiger partial charge >= 0.3 is 0 Å². The van der Waals surface area contributed by atoms with Crippen molar-refractivity contribution in [2.75, 3.05) is 0 Å². The molecule has 2 heteroatoms. The highest BCUT2D eigenvalue weighted by molar-refractivity contribution is 9.10. The molecular weight excluding hydrogens is 252 g/mol. The Balaban J connectivity index is 1.91. The average Bonchev–Trinajstić information content (AvgIpc) is 2.88. The van der Waals surface area contributed by atoms with Crippen LogP contribution >= 0.6 is 15.9 Å². The topological polar surface area (TPSA) is 20.2 Å². The highest BCUT2D eigenvalue weighted by atomic mass is 79.9. The molecule has 1 nitrogen and oxygen atoms in total. The smallest absolute Gasteiger partial charge is 0.0960 e. The Morgan fingerprint density at radius 1 is 1.07 bits per heavy atom. The summed E-state index contributed by atoms with van der Waals surface area (Å²) in [4.78, 5) is 0. The SMILES string of the molecule is OC1(c2ccc(Br)cc2)C2CCCCC21. The van der Waals surface area contributed by atoms with Gasteiger partial charge in [0, 0.05) is 4.47 Å². The molecule has 3 rings (SSSR count). The van der Waals surface area contributed by atoms with Gasteiger partial charge in [-0.15, -0.1) is 0 Å². The summed E-state index contributed by atoms with van der Waals surface area (Å²) >= 11 is 3.43. The maximum absolute atomic E-state index is 10.6. The third-order valence-electron chi connectivity index (χ3n) is 4.09. The molecule has 0 bridgehead atoms. The minimum atomic E-state index is -0.489. The minimum Gasteiger partial charge on any atom is -0.385 e. The van der Waals surface area contributed by atoms with Crippen molar-refractivity contribution in [1.29, 1.82) is 0 Å². The molecule has 15 heavy (non-hydrogen) atoms. The molecule has 0 saturated heterocycles. The van der Waals surface area contributed by atoms with Gasteiger partial charge in [0.2, 0.25) is 0 Å². The van der Waals surface area contributed by atoms with Crippen LogP contribution in [0.25, 0.3) is 0 Å². The van der Waals surface area contributed by atoms with Crippen LogP contribution < -0.4 is 0 Å². The third kappa shape index (κ3) is 1.38. The fourth-order valence-corrected chi connectivity index (χ4v) is 3.50. The number of benzene rings is 1. The Labute approximate surface area is 98.6 Å². The Bertz CT molecular complexity index is 359. The predicted octanol–water partition coefficient (Wildman–Crippen LogP) is 3.46. The maximum Gasteiger partial charge on any atom is 0.0960 e. The Hall–Kier alpha value is -0.340. The van der Waals surface area contributed by atoms with Crippen LogP contribution in [0.2, 0.25) is 0 Å². The lowest BCUT2D eigenvalue weighted by Gasteiger charge is -2.10. The van der Waals surface area contributed by atoms with Crippen LogP contribution in [0.4, 0.5) is 0 Å². The van der Waals surface area contributed by atoms with Gasteiger partial charge < -0.3 is 5.11 Å². The summed E-state index contributed by atoms with van der Waals surface area (Å²) in [5.74, 6) is 1.07. The number of rotatable bonds is 1. The van der Waals surface area contributed by atoms with Crippen molar-refractivity contribution in [1.82, 2.24) is 0 Å². The second kappa shape index (κ2) is 3.33. The van der Waals surface area contributed by atoms with Gasteiger partial charge in [-0.2, -0.15) is 0 Å². The summed E-state index contributed by atoms with van der Waals surface area (Å²) < 4.78 is 1.08. The van der Waals surface area contributed by atoms with Crippen molar-refractivity contribution in [2.45, 2.75) is 31.3 Å². The first-order chi connectivity index (χ1) is 7.23. The fourth-order valence-electron chi connectivity index (χ4n) is 3.24. The van der Waals surface area contributed by atoms with E-state index >= 15 is 0 Å². The average molecular weight is 267 g/mol. The summed E-state index contributed by atoms with van der Waals surface area (Å²) in [7, 11) is 0. The van der Waals surface area contributed by atoms with Gasteiger partial charge in [0.25, 0.3) is 0 Å². The molecule has 0 aromatic heterocycles. The van der Waals surface area contributed by atoms with E-state index in [-0.39, 0.29) is 0 Å². The van der Waals surface area contributed by atoms with E-state index in [2.05, 4.69) is 28.1 Å². The first-order valence-electron chi connectivity index (χ1n) is 5.71. The lowest BCUT2D eigenvalue weighted by molar-refractivity contribution is 0.118. The number of halogens is 1. The van der Waals surface area contributed by atoms with Gasteiger partial charge in [-0.1, -0.05) is 40.9 Å². The number of hydrogen-bond donors (Lipinski definition) is 1. The predicted molar refractivity (Wildman–Crippen MR) is 63.5 cm³/mol. The highest BCUT2D eigenvalue weighted by Crippen LogP contribution is 2.64. The third-order valence-corrected chi connectivity index (χ3v) is 4.62. The fraction of sp³-hybridized carbons (Fsp3) is 0.538. The van der Waals surface area contributed by atoms with Gasteiger partial charge in [-0.3, -0.25) is 0 Å². The molecule has 0 heterocycles. The molecule has 2 saturated carbocycles. The zero-order valence-corrected chi connectivity index (χ0v) is 10.2. The van der Waals surface area contributed by atoms with Crippen LogP contribution in [0.15, 0.2) is 28.7 Å². The monoisotopic (exact) mass is 266 g/mol. The zero-order chi connectivity index (χ0) is 10.5. The molecule has 80 valence electrons. The molecule has 1 aromatic carbocycles. The van der Waals surface area contributed by atoms with Crippen LogP contribution in [0, 0.1) is 11.8 Å². The maximum atomic E-state index is 10.6. The van der Waals surface area contributed by atoms with E-state index in [0.29, 0.717) is 11.8 Å². The highest BCUT2D eigenvalue weighted by Gasteiger charge is 2.64. The number of aliphatic hydroxyl groups is 1. The van der Waals surface area contributed by atoms with Crippen LogP contribution in [0.1, 0.15) is 31.2 Å². The molecule has 2 aliphatic carbocycles. The number of hydrogen-bond acceptors (Lipinski definition) is 1. The summed E-state index contributed by atoms with van der Waals surface area (Å²) in [6.45, 7) is 0. The normalized spacial score (nSPS) is 38.5. The van der Waals surface area contributed by atoms with Crippen molar-refractivity contribution in [2.24, 2.45) is 11.8 Å². The first-order valence-corrected chi connectivity index (χ1v) is 6.50. The second-order valence-corrected chi connectivity index (χ2v) is 5.75. The first kappa shape index (κ1) is 9.86. The van der Waals surface area contributed by atoms with Crippen LogP contribution in [-0.2, 0) is 5.60 Å². The van der Waals surface area contributed by atoms with Gasteiger partial charge in [0.15, 0.2) is 0 Å². The largest absolute Gasteiger partial charge is 0.385 e. The molecule has 2 fully saturated rings. The Morgan fingerprint density at radius 3 is 2.13 bits per heavy atom. The number of fused-ring (bicyclic) bond motifs is 1. The van der Waals surface area contributed by atoms with E-state index in [0.717, 1.165) is 10.0 Å². The minimum absolute atomic E-state index is 0.489. The summed E-state index contributed by atoms with van der Waals surface area (Å²) in [6, 6.07) is 8.17. The van der Waals surface area contributed by atoms with Crippen LogP contribution in [0.5, 0.6) is 0 Å². The summed E-state index contributed by atoms with van der Waals surface area (Å²) in [5, 5.41) is 10.6. The lowest BCUT2D eigenvalue weighted by atomic mass is 10.0. The summed E-state index contributed by atoms with van der Waals surface area (Å²) in [5.41, 5.74) is 0.625. The second-order valence-electron chi connectivity index (χ2n) is 4.83. The van der Waals surface area contributed by atoms with Crippen molar-refractivity contribution < 1.29 is 5.11 Å². The lowest BCUT2D eigenvalue weighted by Crippen LogP contribution is -2.09. The van der Waals surface area contributed by atoms with Gasteiger partial charge in [0.1, 0.15) is 0 Å². The Morgan fingerprint density at radius 2 is 1.60 bits per heavy atom. The molecule has 2 atom stereocenters. The zero-order valence-electron chi connectivity index (χ0n) is 8.62. The van der Waals surface area contributed by atoms with Gasteiger partial charge in [-0.05, 0) is 42.4 Å². The van der Waals surface area contributed by atoms with Crippen molar-refractivity contribution in [3.05, 3.63) is 34.3 Å². The molecule has 2 unspecified atom stereocenters. The Kier molecular flexibility index (Phi) is 2.18. The van der Waals surface area contributed by atoms with E-state index < -0.39 is 5.60 Å². The van der Waals surface area contributed by atoms with Crippen LogP contribution in [0.3, 0.4) is 0 Å². The van der Waals surface area contributed by atoms with Crippen molar-refractivity contribution >= 4 is 15.9 Å². The van der Waals surface area contributed by atoms with E-state index in [1.807, 2.05) is 12.1 Å². The molecule has 0 amide bonds. The van der Waals surface area contributed by atoms with E-state index in [9.17, 15) is 5.11 Å². The van der Waals surface area contributed by atoms with E-state index in [1.165, 1.54) is 25.7 Å². The van der Waals surface area contributed by atoms with E-state index in [1.54, 1.807) is 0 Å². The van der Waals surface area contributed by atoms with Gasteiger partial charge in [0.05, 0.1) is 5.60 Å². The van der Waals surface area contributed by atoms with Gasteiger partial charge in [-0.25, -0.2) is 0 Å². The molecule has 1 aromatic rings. The van der Waals surface area contributed by atoms with Crippen molar-refractivity contribution in [3.63, 3.8) is 0 Å². The van der Waals surface area contributed by atoms with E-state index in [4.69, 9.17) is 0 Å². The standard InChI is InChI=1S/C13H15BrO/c14-10-7-5-9(6-8-10)13(15)11-3-1-2-4-12(11)13/h5-8,11-12,15H,1-4H2. The molecular formula is C13H15BrO.